The molecule has 5 nitrogen and oxygen atoms in total. The minimum absolute atomic E-state index is 0.0153. The van der Waals surface area contributed by atoms with Crippen LogP contribution in [0.4, 0.5) is 14.5 Å². The molecule has 0 fully saturated rings. The van der Waals surface area contributed by atoms with E-state index in [4.69, 9.17) is 0 Å². The number of thiophene rings is 1. The maximum Gasteiger partial charge on any atom is 0.341 e. The van der Waals surface area contributed by atoms with Crippen LogP contribution in [-0.2, 0) is 21.2 Å². The van der Waals surface area contributed by atoms with Crippen molar-refractivity contribution >= 4 is 48.7 Å². The van der Waals surface area contributed by atoms with Gasteiger partial charge in [0, 0.05) is 21.3 Å². The number of alkyl halides is 2. The predicted molar refractivity (Wildman–Crippen MR) is 96.6 cm³/mol. The van der Waals surface area contributed by atoms with Gasteiger partial charge in [-0.25, -0.2) is 8.42 Å². The monoisotopic (exact) mass is 452 g/mol. The fourth-order valence-corrected chi connectivity index (χ4v) is 4.52. The summed E-state index contributed by atoms with van der Waals surface area (Å²) < 4.78 is 49.8. The standard InChI is InChI=1S/C15H15BrF2N2O3S2/c1-20(7-11-6-10(16)9-24-11)8-14(21)19-12-4-2-3-5-13(12)25(22,23)15(17)18/h2-6,9,15H,7-8H2,1H3,(H,19,21). The Morgan fingerprint density at radius 1 is 1.36 bits per heavy atom. The van der Waals surface area contributed by atoms with E-state index in [0.29, 0.717) is 6.54 Å². The topological polar surface area (TPSA) is 66.5 Å². The molecular formula is C15H15BrF2N2O3S2. The van der Waals surface area contributed by atoms with Crippen LogP contribution in [-0.4, -0.2) is 38.6 Å². The van der Waals surface area contributed by atoms with Crippen LogP contribution < -0.4 is 5.32 Å². The molecule has 1 aromatic heterocycles. The minimum atomic E-state index is -4.79. The summed E-state index contributed by atoms with van der Waals surface area (Å²) in [7, 11) is -3.06. The third-order valence-corrected chi connectivity index (χ3v) is 6.28. The molecule has 0 aliphatic carbocycles. The summed E-state index contributed by atoms with van der Waals surface area (Å²) in [5.74, 6) is -4.04. The number of hydrogen-bond donors (Lipinski definition) is 1. The van der Waals surface area contributed by atoms with Gasteiger partial charge >= 0.3 is 5.76 Å². The number of likely N-dealkylation sites (N-methyl/N-ethyl adjacent to an activating group) is 1. The van der Waals surface area contributed by atoms with Gasteiger partial charge in [-0.3, -0.25) is 9.69 Å². The Morgan fingerprint density at radius 2 is 2.04 bits per heavy atom. The first kappa shape index (κ1) is 20.0. The van der Waals surface area contributed by atoms with E-state index in [2.05, 4.69) is 21.2 Å². The molecule has 1 aromatic carbocycles. The molecule has 25 heavy (non-hydrogen) atoms. The smallest absolute Gasteiger partial charge is 0.324 e. The second-order valence-corrected chi connectivity index (χ2v) is 9.05. The van der Waals surface area contributed by atoms with Gasteiger partial charge < -0.3 is 5.32 Å². The van der Waals surface area contributed by atoms with Gasteiger partial charge in [0.1, 0.15) is 0 Å². The molecule has 1 heterocycles. The van der Waals surface area contributed by atoms with Crippen molar-refractivity contribution in [3.63, 3.8) is 0 Å². The van der Waals surface area contributed by atoms with Crippen molar-refractivity contribution < 1.29 is 22.0 Å². The number of hydrogen-bond acceptors (Lipinski definition) is 5. The summed E-state index contributed by atoms with van der Waals surface area (Å²) in [6.07, 6.45) is 0. The number of sulfone groups is 1. The Bertz CT molecular complexity index is 856. The summed E-state index contributed by atoms with van der Waals surface area (Å²) in [5, 5.41) is 4.32. The van der Waals surface area contributed by atoms with E-state index in [9.17, 15) is 22.0 Å². The highest BCUT2D eigenvalue weighted by Gasteiger charge is 2.29. The van der Waals surface area contributed by atoms with Crippen LogP contribution in [0.2, 0.25) is 0 Å². The zero-order valence-corrected chi connectivity index (χ0v) is 16.3. The van der Waals surface area contributed by atoms with Gasteiger partial charge in [0.2, 0.25) is 15.7 Å². The summed E-state index contributed by atoms with van der Waals surface area (Å²) in [4.78, 5) is 14.3. The van der Waals surface area contributed by atoms with Crippen LogP contribution in [0.5, 0.6) is 0 Å². The third kappa shape index (κ3) is 5.30. The molecule has 0 saturated heterocycles. The second-order valence-electron chi connectivity index (χ2n) is 5.25. The molecule has 1 N–H and O–H groups in total. The average Bonchev–Trinajstić information content (AvgIpc) is 2.92. The number of carbonyl (C=O) groups is 1. The Morgan fingerprint density at radius 3 is 2.64 bits per heavy atom. The molecule has 0 saturated carbocycles. The average molecular weight is 453 g/mol. The summed E-state index contributed by atoms with van der Waals surface area (Å²) in [6.45, 7) is 0.513. The largest absolute Gasteiger partial charge is 0.341 e. The molecule has 0 spiro atoms. The van der Waals surface area contributed by atoms with Gasteiger partial charge in [0.05, 0.1) is 17.1 Å². The highest BCUT2D eigenvalue weighted by Crippen LogP contribution is 2.26. The van der Waals surface area contributed by atoms with Gasteiger partial charge in [-0.2, -0.15) is 8.78 Å². The van der Waals surface area contributed by atoms with E-state index >= 15 is 0 Å². The Labute approximate surface area is 156 Å². The lowest BCUT2D eigenvalue weighted by Gasteiger charge is -2.16. The number of para-hydroxylation sites is 1. The molecule has 0 unspecified atom stereocenters. The molecule has 0 radical (unpaired) electrons. The van der Waals surface area contributed by atoms with E-state index in [1.165, 1.54) is 29.5 Å². The quantitative estimate of drug-likeness (QED) is 0.696. The molecule has 0 atom stereocenters. The van der Waals surface area contributed by atoms with Crippen LogP contribution in [0, 0.1) is 0 Å². The first-order valence-electron chi connectivity index (χ1n) is 7.02. The number of anilines is 1. The first-order valence-corrected chi connectivity index (χ1v) is 10.2. The third-order valence-electron chi connectivity index (χ3n) is 3.16. The van der Waals surface area contributed by atoms with E-state index < -0.39 is 26.4 Å². The molecule has 1 amide bonds. The highest BCUT2D eigenvalue weighted by atomic mass is 79.9. The van der Waals surface area contributed by atoms with E-state index in [1.807, 2.05) is 11.4 Å². The van der Waals surface area contributed by atoms with E-state index in [0.717, 1.165) is 15.4 Å². The first-order chi connectivity index (χ1) is 11.7. The van der Waals surface area contributed by atoms with Crippen molar-refractivity contribution in [1.29, 1.82) is 0 Å². The molecule has 10 heteroatoms. The number of halogens is 3. The van der Waals surface area contributed by atoms with Gasteiger partial charge in [0.15, 0.2) is 0 Å². The zero-order valence-electron chi connectivity index (χ0n) is 13.1. The van der Waals surface area contributed by atoms with Crippen LogP contribution >= 0.6 is 27.3 Å². The maximum absolute atomic E-state index is 12.8. The number of nitrogens with one attached hydrogen (secondary N) is 1. The molecule has 0 aliphatic rings. The fraction of sp³-hybridized carbons (Fsp3) is 0.267. The molecule has 0 aliphatic heterocycles. The fourth-order valence-electron chi connectivity index (χ4n) is 2.11. The Kier molecular flexibility index (Phi) is 6.66. The molecule has 2 rings (SSSR count). The number of benzene rings is 1. The molecule has 136 valence electrons. The number of rotatable bonds is 7. The van der Waals surface area contributed by atoms with Gasteiger partial charge in [-0.15, -0.1) is 11.3 Å². The normalized spacial score (nSPS) is 11.9. The van der Waals surface area contributed by atoms with Crippen molar-refractivity contribution in [1.82, 2.24) is 4.90 Å². The lowest BCUT2D eigenvalue weighted by molar-refractivity contribution is -0.117. The number of amides is 1. The minimum Gasteiger partial charge on any atom is -0.324 e. The van der Waals surface area contributed by atoms with Crippen LogP contribution in [0.15, 0.2) is 45.1 Å². The summed E-state index contributed by atoms with van der Waals surface area (Å²) >= 11 is 4.88. The van der Waals surface area contributed by atoms with Gasteiger partial charge in [-0.05, 0) is 41.2 Å². The zero-order chi connectivity index (χ0) is 18.6. The van der Waals surface area contributed by atoms with Crippen molar-refractivity contribution in [2.24, 2.45) is 0 Å². The van der Waals surface area contributed by atoms with Gasteiger partial charge in [0.25, 0.3) is 0 Å². The predicted octanol–water partition coefficient (Wildman–Crippen LogP) is 3.58. The molecular weight excluding hydrogens is 438 g/mol. The lowest BCUT2D eigenvalue weighted by Crippen LogP contribution is -2.30. The van der Waals surface area contributed by atoms with E-state index in [-0.39, 0.29) is 12.2 Å². The number of nitrogens with zero attached hydrogens (tertiary/aromatic N) is 1. The van der Waals surface area contributed by atoms with Crippen LogP contribution in [0.3, 0.4) is 0 Å². The van der Waals surface area contributed by atoms with Crippen molar-refractivity contribution in [3.05, 3.63) is 45.1 Å². The van der Waals surface area contributed by atoms with E-state index in [1.54, 1.807) is 11.9 Å². The highest BCUT2D eigenvalue weighted by molar-refractivity contribution is 9.10. The summed E-state index contributed by atoms with van der Waals surface area (Å²) in [5.41, 5.74) is -0.153. The molecule has 2 aromatic rings. The van der Waals surface area contributed by atoms with Crippen molar-refractivity contribution in [3.8, 4) is 0 Å². The Hall–Kier alpha value is -1.36. The van der Waals surface area contributed by atoms with Crippen molar-refractivity contribution in [2.45, 2.75) is 17.2 Å². The van der Waals surface area contributed by atoms with Crippen LogP contribution in [0.25, 0.3) is 0 Å². The SMILES string of the molecule is CN(CC(=O)Nc1ccccc1S(=O)(=O)C(F)F)Cc1cc(Br)cs1. The van der Waals surface area contributed by atoms with Crippen molar-refractivity contribution in [2.75, 3.05) is 18.9 Å². The maximum atomic E-state index is 12.8. The second kappa shape index (κ2) is 8.35. The van der Waals surface area contributed by atoms with Crippen LogP contribution in [0.1, 0.15) is 4.88 Å². The lowest BCUT2D eigenvalue weighted by atomic mass is 10.3. The van der Waals surface area contributed by atoms with Gasteiger partial charge in [-0.1, -0.05) is 12.1 Å². The molecule has 0 bridgehead atoms. The Balaban J connectivity index is 2.06. The number of carbonyl (C=O) groups excluding carboxylic acids is 1. The summed E-state index contributed by atoms with van der Waals surface area (Å²) in [6, 6.07) is 7.05.